The molecule has 0 saturated carbocycles. The maximum absolute atomic E-state index is 2.64. The largest absolute Gasteiger partial charge is 0.296 e. The molecule has 1 heteroatoms. The third kappa shape index (κ3) is 1.11. The van der Waals surface area contributed by atoms with Gasteiger partial charge in [0.2, 0.25) is 0 Å². The zero-order valence-corrected chi connectivity index (χ0v) is 8.21. The topological polar surface area (TPSA) is 3.24 Å². The van der Waals surface area contributed by atoms with Gasteiger partial charge < -0.3 is 0 Å². The van der Waals surface area contributed by atoms with Gasteiger partial charge in [0.15, 0.2) is 0 Å². The minimum Gasteiger partial charge on any atom is -0.296 e. The summed E-state index contributed by atoms with van der Waals surface area (Å²) in [6.45, 7) is 7.24. The van der Waals surface area contributed by atoms with Crippen LogP contribution >= 0.6 is 0 Å². The molecule has 2 atom stereocenters. The van der Waals surface area contributed by atoms with E-state index in [2.05, 4.69) is 30.9 Å². The highest BCUT2D eigenvalue weighted by atomic mass is 15.2. The van der Waals surface area contributed by atoms with Crippen LogP contribution < -0.4 is 0 Å². The van der Waals surface area contributed by atoms with E-state index >= 15 is 0 Å². The Labute approximate surface area is 75.4 Å². The Kier molecular flexibility index (Phi) is 1.99. The van der Waals surface area contributed by atoms with Crippen molar-refractivity contribution in [3.05, 3.63) is 12.2 Å². The van der Waals surface area contributed by atoms with Crippen LogP contribution in [0.25, 0.3) is 0 Å². The molecular weight excluding hydrogens is 146 g/mol. The Hall–Kier alpha value is -0.300. The smallest absolute Gasteiger partial charge is 0.0187 e. The van der Waals surface area contributed by atoms with Crippen LogP contribution in [0.1, 0.15) is 33.1 Å². The van der Waals surface area contributed by atoms with E-state index in [1.54, 1.807) is 0 Å². The molecule has 1 unspecified atom stereocenters. The number of rotatable bonds is 1. The molecule has 2 heterocycles. The lowest BCUT2D eigenvalue weighted by Gasteiger charge is -2.40. The van der Waals surface area contributed by atoms with Gasteiger partial charge >= 0.3 is 0 Å². The first kappa shape index (κ1) is 8.31. The third-order valence-corrected chi connectivity index (χ3v) is 3.73. The Bertz CT molecular complexity index is 197. The lowest BCUT2D eigenvalue weighted by atomic mass is 9.76. The first-order valence-electron chi connectivity index (χ1n) is 5.18. The number of nitrogens with zero attached hydrogens (tertiary/aromatic N) is 1. The summed E-state index contributed by atoms with van der Waals surface area (Å²) in [5, 5.41) is 0. The van der Waals surface area contributed by atoms with Gasteiger partial charge in [-0.3, -0.25) is 4.90 Å². The van der Waals surface area contributed by atoms with Crippen LogP contribution in [0.2, 0.25) is 0 Å². The van der Waals surface area contributed by atoms with Crippen LogP contribution in [0, 0.1) is 5.41 Å². The molecule has 0 N–H and O–H groups in total. The highest BCUT2D eigenvalue weighted by Gasteiger charge is 2.39. The average Bonchev–Trinajstić information content (AvgIpc) is 2.54. The molecule has 0 aromatic carbocycles. The van der Waals surface area contributed by atoms with Crippen molar-refractivity contribution in [1.82, 2.24) is 4.90 Å². The van der Waals surface area contributed by atoms with Crippen LogP contribution in [0.3, 0.4) is 0 Å². The number of hydrogen-bond acceptors (Lipinski definition) is 1. The summed E-state index contributed by atoms with van der Waals surface area (Å²) < 4.78 is 0. The molecule has 1 nitrogen and oxygen atoms in total. The fourth-order valence-electron chi connectivity index (χ4n) is 2.71. The van der Waals surface area contributed by atoms with Crippen molar-refractivity contribution in [2.24, 2.45) is 5.41 Å². The summed E-state index contributed by atoms with van der Waals surface area (Å²) in [5.41, 5.74) is 0.467. The summed E-state index contributed by atoms with van der Waals surface area (Å²) >= 11 is 0. The van der Waals surface area contributed by atoms with Crippen molar-refractivity contribution >= 4 is 0 Å². The van der Waals surface area contributed by atoms with Gasteiger partial charge in [-0.25, -0.2) is 0 Å². The molecule has 2 aliphatic rings. The number of hydrogen-bond donors (Lipinski definition) is 0. The van der Waals surface area contributed by atoms with E-state index in [-0.39, 0.29) is 0 Å². The minimum atomic E-state index is 0.467. The van der Waals surface area contributed by atoms with E-state index in [0.29, 0.717) is 5.41 Å². The Morgan fingerprint density at radius 3 is 3.17 bits per heavy atom. The summed E-state index contributed by atoms with van der Waals surface area (Å²) in [6, 6.07) is 0.840. The summed E-state index contributed by atoms with van der Waals surface area (Å²) in [4.78, 5) is 2.64. The van der Waals surface area contributed by atoms with Gasteiger partial charge in [0.25, 0.3) is 0 Å². The normalized spacial score (nSPS) is 41.7. The Balaban J connectivity index is 2.22. The van der Waals surface area contributed by atoms with E-state index in [4.69, 9.17) is 0 Å². The maximum atomic E-state index is 2.64. The molecule has 2 aliphatic heterocycles. The highest BCUT2D eigenvalue weighted by molar-refractivity contribution is 5.11. The average molecular weight is 165 g/mol. The third-order valence-electron chi connectivity index (χ3n) is 3.73. The van der Waals surface area contributed by atoms with Gasteiger partial charge in [0, 0.05) is 18.0 Å². The second kappa shape index (κ2) is 2.88. The van der Waals surface area contributed by atoms with Crippen molar-refractivity contribution < 1.29 is 0 Å². The SMILES string of the molecule is CCC1(C)C=CCN2CCC[C@@H]21. The lowest BCUT2D eigenvalue weighted by Crippen LogP contribution is -2.44. The molecule has 0 amide bonds. The molecule has 68 valence electrons. The van der Waals surface area contributed by atoms with Crippen molar-refractivity contribution in [3.63, 3.8) is 0 Å². The molecule has 2 rings (SSSR count). The molecule has 1 fully saturated rings. The van der Waals surface area contributed by atoms with E-state index in [1.807, 2.05) is 0 Å². The second-order valence-corrected chi connectivity index (χ2v) is 4.41. The fourth-order valence-corrected chi connectivity index (χ4v) is 2.71. The second-order valence-electron chi connectivity index (χ2n) is 4.41. The molecule has 0 radical (unpaired) electrons. The van der Waals surface area contributed by atoms with Gasteiger partial charge in [0.05, 0.1) is 0 Å². The number of fused-ring (bicyclic) bond motifs is 1. The van der Waals surface area contributed by atoms with Crippen LogP contribution in [-0.4, -0.2) is 24.0 Å². The van der Waals surface area contributed by atoms with E-state index in [1.165, 1.54) is 32.4 Å². The predicted octanol–water partition coefficient (Wildman–Crippen LogP) is 2.44. The van der Waals surface area contributed by atoms with Gasteiger partial charge in [-0.15, -0.1) is 0 Å². The standard InChI is InChI=1S/C11H19N/c1-3-11(2)7-5-9-12-8-4-6-10(11)12/h5,7,10H,3-4,6,8-9H2,1-2H3/t10-,11?/m1/s1. The maximum Gasteiger partial charge on any atom is 0.0187 e. The van der Waals surface area contributed by atoms with E-state index in [9.17, 15) is 0 Å². The van der Waals surface area contributed by atoms with Crippen molar-refractivity contribution in [2.75, 3.05) is 13.1 Å². The van der Waals surface area contributed by atoms with Gasteiger partial charge in [-0.05, 0) is 25.8 Å². The molecule has 0 aromatic rings. The summed E-state index contributed by atoms with van der Waals surface area (Å²) in [7, 11) is 0. The van der Waals surface area contributed by atoms with Crippen LogP contribution in [0.5, 0.6) is 0 Å². The molecule has 0 spiro atoms. The molecule has 0 aliphatic carbocycles. The Morgan fingerprint density at radius 1 is 1.58 bits per heavy atom. The van der Waals surface area contributed by atoms with Gasteiger partial charge in [-0.1, -0.05) is 26.0 Å². The van der Waals surface area contributed by atoms with E-state index < -0.39 is 0 Å². The minimum absolute atomic E-state index is 0.467. The quantitative estimate of drug-likeness (QED) is 0.539. The molecule has 0 bridgehead atoms. The summed E-state index contributed by atoms with van der Waals surface area (Å²) in [5.74, 6) is 0. The van der Waals surface area contributed by atoms with Gasteiger partial charge in [-0.2, -0.15) is 0 Å². The van der Waals surface area contributed by atoms with Crippen molar-refractivity contribution in [3.8, 4) is 0 Å². The fraction of sp³-hybridized carbons (Fsp3) is 0.818. The Morgan fingerprint density at radius 2 is 2.42 bits per heavy atom. The lowest BCUT2D eigenvalue weighted by molar-refractivity contribution is 0.144. The van der Waals surface area contributed by atoms with Crippen LogP contribution in [-0.2, 0) is 0 Å². The molecule has 0 aromatic heterocycles. The zero-order valence-electron chi connectivity index (χ0n) is 8.21. The predicted molar refractivity (Wildman–Crippen MR) is 52.1 cm³/mol. The van der Waals surface area contributed by atoms with E-state index in [0.717, 1.165) is 6.04 Å². The van der Waals surface area contributed by atoms with Crippen LogP contribution in [0.15, 0.2) is 12.2 Å². The van der Waals surface area contributed by atoms with Gasteiger partial charge in [0.1, 0.15) is 0 Å². The summed E-state index contributed by atoms with van der Waals surface area (Å²) in [6.07, 6.45) is 8.89. The van der Waals surface area contributed by atoms with Crippen molar-refractivity contribution in [1.29, 1.82) is 0 Å². The monoisotopic (exact) mass is 165 g/mol. The molecular formula is C11H19N. The zero-order chi connectivity index (χ0) is 8.60. The molecule has 1 saturated heterocycles. The van der Waals surface area contributed by atoms with Crippen LogP contribution in [0.4, 0.5) is 0 Å². The van der Waals surface area contributed by atoms with Crippen molar-refractivity contribution in [2.45, 2.75) is 39.2 Å². The first-order chi connectivity index (χ1) is 5.76. The molecule has 12 heavy (non-hydrogen) atoms. The highest BCUT2D eigenvalue weighted by Crippen LogP contribution is 2.39. The first-order valence-corrected chi connectivity index (χ1v) is 5.18.